The fourth-order valence-corrected chi connectivity index (χ4v) is 2.21. The van der Waals surface area contributed by atoms with Gasteiger partial charge >= 0.3 is 0 Å². The average Bonchev–Trinajstić information content (AvgIpc) is 2.80. The molecular formula is C10H10BrN5O. The number of amides is 1. The number of hydrogen-bond acceptors (Lipinski definition) is 4. The minimum absolute atomic E-state index is 0.0209. The lowest BCUT2D eigenvalue weighted by molar-refractivity contribution is -0.117. The number of anilines is 1. The van der Waals surface area contributed by atoms with E-state index in [-0.39, 0.29) is 11.9 Å². The van der Waals surface area contributed by atoms with E-state index in [0.29, 0.717) is 24.6 Å². The number of pyridine rings is 1. The minimum Gasteiger partial charge on any atom is -0.326 e. The van der Waals surface area contributed by atoms with E-state index in [4.69, 9.17) is 5.73 Å². The Morgan fingerprint density at radius 2 is 2.35 bits per heavy atom. The second-order valence-corrected chi connectivity index (χ2v) is 4.94. The molecule has 2 aromatic rings. The Bertz CT molecular complexity index is 595. The highest BCUT2D eigenvalue weighted by Gasteiger charge is 2.30. The van der Waals surface area contributed by atoms with Gasteiger partial charge in [0.2, 0.25) is 5.91 Å². The number of aromatic nitrogens is 3. The second-order valence-electron chi connectivity index (χ2n) is 4.03. The molecule has 2 aromatic heterocycles. The van der Waals surface area contributed by atoms with Gasteiger partial charge in [0.1, 0.15) is 0 Å². The molecule has 1 aliphatic rings. The fraction of sp³-hybridized carbons (Fsp3) is 0.300. The van der Waals surface area contributed by atoms with E-state index in [1.807, 2.05) is 12.1 Å². The summed E-state index contributed by atoms with van der Waals surface area (Å²) in [4.78, 5) is 17.5. The first-order valence-electron chi connectivity index (χ1n) is 5.21. The zero-order valence-electron chi connectivity index (χ0n) is 8.88. The molecule has 1 saturated heterocycles. The molecule has 0 radical (unpaired) electrons. The number of carbonyl (C=O) groups excluding carboxylic acids is 1. The maximum Gasteiger partial charge on any atom is 0.252 e. The Balaban J connectivity index is 2.03. The predicted octanol–water partition coefficient (Wildman–Crippen LogP) is 0.556. The number of hydrogen-bond donors (Lipinski definition) is 1. The number of fused-ring (bicyclic) bond motifs is 1. The molecule has 17 heavy (non-hydrogen) atoms. The normalized spacial score (nSPS) is 20.5. The van der Waals surface area contributed by atoms with Crippen molar-refractivity contribution < 1.29 is 4.79 Å². The standard InChI is InChI=1S/C10H10BrN5O/c11-6-1-2-16-8(3-6)13-10(14-16)15-5-7(12)4-9(15)17/h1-3,7H,4-5,12H2. The van der Waals surface area contributed by atoms with Crippen molar-refractivity contribution >= 4 is 33.4 Å². The first-order chi connectivity index (χ1) is 8.13. The van der Waals surface area contributed by atoms with Gasteiger partial charge in [0.25, 0.3) is 5.95 Å². The van der Waals surface area contributed by atoms with E-state index in [1.54, 1.807) is 10.7 Å². The van der Waals surface area contributed by atoms with E-state index in [9.17, 15) is 4.79 Å². The van der Waals surface area contributed by atoms with Crippen molar-refractivity contribution in [1.82, 2.24) is 14.6 Å². The van der Waals surface area contributed by atoms with Gasteiger partial charge in [-0.2, -0.15) is 4.98 Å². The van der Waals surface area contributed by atoms with Crippen molar-refractivity contribution in [3.05, 3.63) is 22.8 Å². The number of halogens is 1. The fourth-order valence-electron chi connectivity index (χ4n) is 1.89. The monoisotopic (exact) mass is 295 g/mol. The molecule has 1 unspecified atom stereocenters. The molecule has 2 N–H and O–H groups in total. The molecule has 0 bridgehead atoms. The molecule has 88 valence electrons. The molecule has 0 aromatic carbocycles. The Kier molecular flexibility index (Phi) is 2.37. The van der Waals surface area contributed by atoms with Crippen LogP contribution in [0.25, 0.3) is 5.65 Å². The summed E-state index contributed by atoms with van der Waals surface area (Å²) in [5.41, 5.74) is 6.44. The van der Waals surface area contributed by atoms with Crippen LogP contribution in [0.5, 0.6) is 0 Å². The van der Waals surface area contributed by atoms with Crippen molar-refractivity contribution in [2.75, 3.05) is 11.4 Å². The largest absolute Gasteiger partial charge is 0.326 e. The highest BCUT2D eigenvalue weighted by molar-refractivity contribution is 9.10. The van der Waals surface area contributed by atoms with Crippen LogP contribution in [0, 0.1) is 0 Å². The van der Waals surface area contributed by atoms with Gasteiger partial charge in [0.05, 0.1) is 0 Å². The van der Waals surface area contributed by atoms with Gasteiger partial charge < -0.3 is 5.73 Å². The molecule has 3 rings (SSSR count). The zero-order chi connectivity index (χ0) is 12.0. The van der Waals surface area contributed by atoms with Crippen LogP contribution >= 0.6 is 15.9 Å². The van der Waals surface area contributed by atoms with Gasteiger partial charge in [-0.3, -0.25) is 9.69 Å². The Hall–Kier alpha value is -1.47. The van der Waals surface area contributed by atoms with Crippen LogP contribution < -0.4 is 10.6 Å². The summed E-state index contributed by atoms with van der Waals surface area (Å²) in [5, 5.41) is 4.25. The Morgan fingerprint density at radius 3 is 3.06 bits per heavy atom. The van der Waals surface area contributed by atoms with E-state index in [2.05, 4.69) is 26.0 Å². The number of nitrogens with zero attached hydrogens (tertiary/aromatic N) is 4. The molecule has 3 heterocycles. The SMILES string of the molecule is NC1CC(=O)N(c2nc3cc(Br)ccn3n2)C1. The predicted molar refractivity (Wildman–Crippen MR) is 65.6 cm³/mol. The highest BCUT2D eigenvalue weighted by atomic mass is 79.9. The molecule has 1 fully saturated rings. The summed E-state index contributed by atoms with van der Waals surface area (Å²) in [5.74, 6) is 0.397. The topological polar surface area (TPSA) is 76.5 Å². The van der Waals surface area contributed by atoms with Crippen molar-refractivity contribution in [3.8, 4) is 0 Å². The Morgan fingerprint density at radius 1 is 1.53 bits per heavy atom. The van der Waals surface area contributed by atoms with Gasteiger partial charge in [-0.05, 0) is 12.1 Å². The molecule has 0 spiro atoms. The van der Waals surface area contributed by atoms with Crippen LogP contribution in [0.4, 0.5) is 5.95 Å². The zero-order valence-corrected chi connectivity index (χ0v) is 10.5. The van der Waals surface area contributed by atoms with Gasteiger partial charge in [-0.15, -0.1) is 5.10 Å². The quantitative estimate of drug-likeness (QED) is 0.834. The third kappa shape index (κ3) is 1.81. The number of nitrogens with two attached hydrogens (primary N) is 1. The summed E-state index contributed by atoms with van der Waals surface area (Å²) < 4.78 is 2.56. The lowest BCUT2D eigenvalue weighted by atomic mass is 10.3. The van der Waals surface area contributed by atoms with Crippen LogP contribution in [0.2, 0.25) is 0 Å². The van der Waals surface area contributed by atoms with Crippen LogP contribution in [0.1, 0.15) is 6.42 Å². The second kappa shape index (κ2) is 3.78. The van der Waals surface area contributed by atoms with Crippen molar-refractivity contribution in [3.63, 3.8) is 0 Å². The van der Waals surface area contributed by atoms with Crippen LogP contribution in [-0.2, 0) is 4.79 Å². The van der Waals surface area contributed by atoms with Crippen molar-refractivity contribution in [2.45, 2.75) is 12.5 Å². The van der Waals surface area contributed by atoms with Crippen LogP contribution in [0.3, 0.4) is 0 Å². The summed E-state index contributed by atoms with van der Waals surface area (Å²) in [7, 11) is 0. The maximum atomic E-state index is 11.7. The number of rotatable bonds is 1. The molecule has 1 aliphatic heterocycles. The molecule has 0 aliphatic carbocycles. The van der Waals surface area contributed by atoms with Gasteiger partial charge in [-0.1, -0.05) is 15.9 Å². The summed E-state index contributed by atoms with van der Waals surface area (Å²) in [6, 6.07) is 3.58. The Labute approximate surface area is 106 Å². The third-order valence-corrected chi connectivity index (χ3v) is 3.18. The smallest absolute Gasteiger partial charge is 0.252 e. The summed E-state index contributed by atoms with van der Waals surface area (Å²) in [6.45, 7) is 0.483. The minimum atomic E-state index is -0.124. The molecule has 0 saturated carbocycles. The average molecular weight is 296 g/mol. The number of carbonyl (C=O) groups is 1. The first kappa shape index (κ1) is 10.7. The van der Waals surface area contributed by atoms with Gasteiger partial charge in [-0.25, -0.2) is 4.52 Å². The van der Waals surface area contributed by atoms with E-state index >= 15 is 0 Å². The molecule has 1 amide bonds. The van der Waals surface area contributed by atoms with Crippen molar-refractivity contribution in [1.29, 1.82) is 0 Å². The summed E-state index contributed by atoms with van der Waals surface area (Å²) in [6.07, 6.45) is 2.15. The summed E-state index contributed by atoms with van der Waals surface area (Å²) >= 11 is 3.36. The van der Waals surface area contributed by atoms with Gasteiger partial charge in [0, 0.05) is 29.7 Å². The lowest BCUT2D eigenvalue weighted by Gasteiger charge is -2.09. The van der Waals surface area contributed by atoms with Crippen LogP contribution in [-0.4, -0.2) is 33.1 Å². The lowest BCUT2D eigenvalue weighted by Crippen LogP contribution is -2.28. The van der Waals surface area contributed by atoms with Gasteiger partial charge in [0.15, 0.2) is 5.65 Å². The van der Waals surface area contributed by atoms with E-state index in [1.165, 1.54) is 4.90 Å². The molecule has 7 heteroatoms. The first-order valence-corrected chi connectivity index (χ1v) is 6.00. The third-order valence-electron chi connectivity index (χ3n) is 2.68. The van der Waals surface area contributed by atoms with Crippen LogP contribution in [0.15, 0.2) is 22.8 Å². The molecule has 1 atom stereocenters. The van der Waals surface area contributed by atoms with E-state index < -0.39 is 0 Å². The van der Waals surface area contributed by atoms with Crippen molar-refractivity contribution in [2.24, 2.45) is 5.73 Å². The maximum absolute atomic E-state index is 11.7. The highest BCUT2D eigenvalue weighted by Crippen LogP contribution is 2.19. The molecular weight excluding hydrogens is 286 g/mol. The van der Waals surface area contributed by atoms with E-state index in [0.717, 1.165) is 4.47 Å². The molecule has 6 nitrogen and oxygen atoms in total.